The van der Waals surface area contributed by atoms with E-state index in [9.17, 15) is 30.6 Å². The first-order valence-electron chi connectivity index (χ1n) is 14.3. The van der Waals surface area contributed by atoms with Crippen LogP contribution < -0.4 is 14.2 Å². The van der Waals surface area contributed by atoms with Crippen molar-refractivity contribution < 1.29 is 68.2 Å². The number of methoxy groups -OCH3 is 1. The first kappa shape index (κ1) is 31.0. The van der Waals surface area contributed by atoms with Gasteiger partial charge in [0.05, 0.1) is 26.9 Å². The standard InChI is InChI=1S/C30H36O14/c1-37-21-8-14(7-16-10-19(43-28(16)21)15-4-5-18-20(9-15)42-13-41-18)3-2-6-38-30-27(36)25(34)24(33)22(44-30)12-40-29-26(35)23(32)17(31)11-39-29/h4-5,7-10,17,22-27,29-36H,2-3,6,11-13H2,1H3/t17-,22+,23-,24-,25-,26-,27+,29-,30-/m1/s1. The summed E-state index contributed by atoms with van der Waals surface area (Å²) in [4.78, 5) is 0. The molecule has 14 nitrogen and oxygen atoms in total. The van der Waals surface area contributed by atoms with Crippen LogP contribution in [0.5, 0.6) is 17.2 Å². The zero-order chi connectivity index (χ0) is 31.0. The second-order valence-electron chi connectivity index (χ2n) is 11.0. The molecule has 2 fully saturated rings. The summed E-state index contributed by atoms with van der Waals surface area (Å²) in [5.74, 6) is 2.56. The SMILES string of the molecule is COc1cc(CCCO[C@@H]2O[C@@H](CO[C@H]3OC[C@@H](O)[C@@H](O)[C@H]3O)[C@@H](O)[C@@H](O)[C@@H]2O)cc2cc(-c3ccc4c(c3)OCO4)oc12. The third kappa shape index (κ3) is 6.23. The van der Waals surface area contributed by atoms with E-state index in [1.807, 2.05) is 36.4 Å². The lowest BCUT2D eigenvalue weighted by Crippen LogP contribution is -2.60. The number of benzene rings is 2. The monoisotopic (exact) mass is 620 g/mol. The summed E-state index contributed by atoms with van der Waals surface area (Å²) >= 11 is 0. The zero-order valence-corrected chi connectivity index (χ0v) is 23.9. The van der Waals surface area contributed by atoms with E-state index in [0.29, 0.717) is 41.4 Å². The van der Waals surface area contributed by atoms with E-state index in [1.54, 1.807) is 7.11 Å². The molecule has 0 radical (unpaired) electrons. The molecule has 0 bridgehead atoms. The van der Waals surface area contributed by atoms with Gasteiger partial charge in [-0.2, -0.15) is 0 Å². The van der Waals surface area contributed by atoms with Gasteiger partial charge in [0.25, 0.3) is 0 Å². The van der Waals surface area contributed by atoms with Crippen LogP contribution in [0.2, 0.25) is 0 Å². The average molecular weight is 621 g/mol. The Kier molecular flexibility index (Phi) is 9.26. The molecule has 9 atom stereocenters. The van der Waals surface area contributed by atoms with Gasteiger partial charge in [-0.05, 0) is 54.8 Å². The van der Waals surface area contributed by atoms with E-state index in [4.69, 9.17) is 37.6 Å². The number of ether oxygens (including phenoxy) is 7. The van der Waals surface area contributed by atoms with E-state index in [1.165, 1.54) is 0 Å². The first-order chi connectivity index (χ1) is 21.2. The van der Waals surface area contributed by atoms with E-state index in [2.05, 4.69) is 0 Å². The maximum absolute atomic E-state index is 10.4. The molecule has 2 saturated heterocycles. The van der Waals surface area contributed by atoms with Crippen LogP contribution in [0, 0.1) is 0 Å². The number of aliphatic hydroxyl groups is 6. The third-order valence-corrected chi connectivity index (χ3v) is 7.96. The fourth-order valence-electron chi connectivity index (χ4n) is 5.45. The molecule has 240 valence electrons. The van der Waals surface area contributed by atoms with Gasteiger partial charge in [0.2, 0.25) is 6.79 Å². The number of fused-ring (bicyclic) bond motifs is 2. The molecule has 0 amide bonds. The number of hydrogen-bond donors (Lipinski definition) is 6. The maximum atomic E-state index is 10.4. The molecule has 0 spiro atoms. The van der Waals surface area contributed by atoms with Crippen LogP contribution >= 0.6 is 0 Å². The van der Waals surface area contributed by atoms with Crippen molar-refractivity contribution in [2.45, 2.75) is 68.1 Å². The Morgan fingerprint density at radius 3 is 2.43 bits per heavy atom. The summed E-state index contributed by atoms with van der Waals surface area (Å²) in [5.41, 5.74) is 2.40. The van der Waals surface area contributed by atoms with Gasteiger partial charge in [0, 0.05) is 10.9 Å². The summed E-state index contributed by atoms with van der Waals surface area (Å²) in [6.07, 6.45) is -11.5. The summed E-state index contributed by atoms with van der Waals surface area (Å²) in [5, 5.41) is 61.5. The highest BCUT2D eigenvalue weighted by Gasteiger charge is 2.45. The predicted molar refractivity (Wildman–Crippen MR) is 149 cm³/mol. The van der Waals surface area contributed by atoms with Crippen LogP contribution in [0.15, 0.2) is 40.8 Å². The molecule has 44 heavy (non-hydrogen) atoms. The minimum Gasteiger partial charge on any atom is -0.493 e. The summed E-state index contributed by atoms with van der Waals surface area (Å²) in [6, 6.07) is 11.4. The van der Waals surface area contributed by atoms with Crippen molar-refractivity contribution in [3.8, 4) is 28.6 Å². The minimum atomic E-state index is -1.58. The highest BCUT2D eigenvalue weighted by molar-refractivity contribution is 5.88. The number of rotatable bonds is 10. The van der Waals surface area contributed by atoms with Crippen molar-refractivity contribution in [3.63, 3.8) is 0 Å². The van der Waals surface area contributed by atoms with Crippen LogP contribution in [0.25, 0.3) is 22.3 Å². The zero-order valence-electron chi connectivity index (χ0n) is 23.9. The topological polar surface area (TPSA) is 199 Å². The molecule has 3 aliphatic heterocycles. The largest absolute Gasteiger partial charge is 0.493 e. The van der Waals surface area contributed by atoms with Gasteiger partial charge in [-0.3, -0.25) is 0 Å². The van der Waals surface area contributed by atoms with Gasteiger partial charge in [0.15, 0.2) is 35.4 Å². The van der Waals surface area contributed by atoms with E-state index in [0.717, 1.165) is 16.5 Å². The maximum Gasteiger partial charge on any atom is 0.231 e. The summed E-state index contributed by atoms with van der Waals surface area (Å²) < 4.78 is 44.6. The first-order valence-corrected chi connectivity index (χ1v) is 14.3. The lowest BCUT2D eigenvalue weighted by Gasteiger charge is -2.41. The number of aryl methyl sites for hydroxylation is 1. The molecule has 0 saturated carbocycles. The Morgan fingerprint density at radius 1 is 0.818 bits per heavy atom. The van der Waals surface area contributed by atoms with Crippen molar-refractivity contribution >= 4 is 11.0 Å². The third-order valence-electron chi connectivity index (χ3n) is 7.96. The van der Waals surface area contributed by atoms with Gasteiger partial charge >= 0.3 is 0 Å². The smallest absolute Gasteiger partial charge is 0.231 e. The molecule has 4 heterocycles. The molecule has 6 N–H and O–H groups in total. The van der Waals surface area contributed by atoms with Crippen molar-refractivity contribution in [3.05, 3.63) is 42.0 Å². The molecule has 0 aliphatic carbocycles. The van der Waals surface area contributed by atoms with Gasteiger partial charge in [-0.15, -0.1) is 0 Å². The molecule has 2 aromatic carbocycles. The van der Waals surface area contributed by atoms with Crippen molar-refractivity contribution in [1.29, 1.82) is 0 Å². The highest BCUT2D eigenvalue weighted by Crippen LogP contribution is 2.39. The molecule has 1 aromatic heterocycles. The Balaban J connectivity index is 1.05. The normalized spacial score (nSPS) is 31.8. The Bertz CT molecular complexity index is 1430. The summed E-state index contributed by atoms with van der Waals surface area (Å²) in [6.45, 7) is -0.276. The molecular formula is C30H36O14. The van der Waals surface area contributed by atoms with Crippen LogP contribution in [0.1, 0.15) is 12.0 Å². The Morgan fingerprint density at radius 2 is 1.61 bits per heavy atom. The van der Waals surface area contributed by atoms with Crippen LogP contribution in [0.3, 0.4) is 0 Å². The fourth-order valence-corrected chi connectivity index (χ4v) is 5.45. The van der Waals surface area contributed by atoms with Gasteiger partial charge in [-0.25, -0.2) is 0 Å². The van der Waals surface area contributed by atoms with Crippen molar-refractivity contribution in [2.24, 2.45) is 0 Å². The second-order valence-corrected chi connectivity index (χ2v) is 11.0. The van der Waals surface area contributed by atoms with E-state index < -0.39 is 55.3 Å². The summed E-state index contributed by atoms with van der Waals surface area (Å²) in [7, 11) is 1.57. The van der Waals surface area contributed by atoms with Gasteiger partial charge < -0.3 is 68.2 Å². The van der Waals surface area contributed by atoms with Crippen LogP contribution in [-0.4, -0.2) is 120 Å². The number of furan rings is 1. The van der Waals surface area contributed by atoms with Crippen LogP contribution in [-0.2, 0) is 25.4 Å². The Labute approximate surface area is 251 Å². The van der Waals surface area contributed by atoms with Gasteiger partial charge in [-0.1, -0.05) is 0 Å². The van der Waals surface area contributed by atoms with Crippen LogP contribution in [0.4, 0.5) is 0 Å². The number of aliphatic hydroxyl groups excluding tert-OH is 6. The lowest BCUT2D eigenvalue weighted by molar-refractivity contribution is -0.320. The van der Waals surface area contributed by atoms with E-state index in [-0.39, 0.29) is 26.6 Å². The van der Waals surface area contributed by atoms with Crippen molar-refractivity contribution in [1.82, 2.24) is 0 Å². The highest BCUT2D eigenvalue weighted by atomic mass is 16.7. The average Bonchev–Trinajstić information content (AvgIpc) is 3.68. The molecule has 14 heteroatoms. The fraction of sp³-hybridized carbons (Fsp3) is 0.533. The molecule has 3 aliphatic rings. The van der Waals surface area contributed by atoms with E-state index >= 15 is 0 Å². The Hall–Kier alpha value is -3.02. The van der Waals surface area contributed by atoms with Gasteiger partial charge in [0.1, 0.15) is 48.5 Å². The second kappa shape index (κ2) is 13.1. The lowest BCUT2D eigenvalue weighted by atomic mass is 9.99. The quantitative estimate of drug-likeness (QED) is 0.166. The predicted octanol–water partition coefficient (Wildman–Crippen LogP) is 0.0495. The number of hydrogen-bond acceptors (Lipinski definition) is 14. The van der Waals surface area contributed by atoms with Crippen molar-refractivity contribution in [2.75, 3.05) is 33.7 Å². The molecular weight excluding hydrogens is 584 g/mol. The molecule has 3 aromatic rings. The molecule has 0 unspecified atom stereocenters. The minimum absolute atomic E-state index is 0.154. The molecule has 6 rings (SSSR count).